The van der Waals surface area contributed by atoms with Crippen molar-refractivity contribution in [3.05, 3.63) is 59.3 Å². The van der Waals surface area contributed by atoms with Gasteiger partial charge in [-0.25, -0.2) is 9.78 Å². The topological polar surface area (TPSA) is 70.8 Å². The molecule has 3 aromatic rings. The standard InChI is InChI=1S/C19H17NO5S/c1-22-15-6-3-5-13(18(15)23-2)8-9-17(21)24-11-14-12-25-19(20-14)16-7-4-10-26-16/h3-10,12H,11H2,1-2H3/b9-8+. The van der Waals surface area contributed by atoms with E-state index >= 15 is 0 Å². The van der Waals surface area contributed by atoms with Crippen LogP contribution < -0.4 is 9.47 Å². The highest BCUT2D eigenvalue weighted by atomic mass is 32.1. The Morgan fingerprint density at radius 3 is 2.85 bits per heavy atom. The third-order valence-corrected chi connectivity index (χ3v) is 4.34. The zero-order valence-electron chi connectivity index (χ0n) is 14.3. The van der Waals surface area contributed by atoms with Gasteiger partial charge in [0.1, 0.15) is 18.6 Å². The molecule has 6 nitrogen and oxygen atoms in total. The second-order valence-electron chi connectivity index (χ2n) is 5.15. The van der Waals surface area contributed by atoms with Crippen molar-refractivity contribution in [2.45, 2.75) is 6.61 Å². The molecule has 134 valence electrons. The number of esters is 1. The summed E-state index contributed by atoms with van der Waals surface area (Å²) >= 11 is 1.53. The van der Waals surface area contributed by atoms with Crippen molar-refractivity contribution in [3.63, 3.8) is 0 Å². The second-order valence-corrected chi connectivity index (χ2v) is 6.09. The molecule has 1 aromatic carbocycles. The summed E-state index contributed by atoms with van der Waals surface area (Å²) < 4.78 is 21.1. The van der Waals surface area contributed by atoms with E-state index in [1.165, 1.54) is 23.7 Å². The number of nitrogens with zero attached hydrogens (tertiary/aromatic N) is 1. The number of methoxy groups -OCH3 is 2. The molecule has 0 amide bonds. The first-order valence-electron chi connectivity index (χ1n) is 7.75. The molecular formula is C19H17NO5S. The van der Waals surface area contributed by atoms with Gasteiger partial charge in [0.05, 0.1) is 19.1 Å². The van der Waals surface area contributed by atoms with Crippen LogP contribution in [0.15, 0.2) is 52.5 Å². The highest BCUT2D eigenvalue weighted by molar-refractivity contribution is 7.13. The van der Waals surface area contributed by atoms with Crippen LogP contribution in [-0.2, 0) is 16.1 Å². The summed E-state index contributed by atoms with van der Waals surface area (Å²) in [5.74, 6) is 1.17. The van der Waals surface area contributed by atoms with E-state index < -0.39 is 5.97 Å². The van der Waals surface area contributed by atoms with Gasteiger partial charge >= 0.3 is 5.97 Å². The number of ether oxygens (including phenoxy) is 3. The summed E-state index contributed by atoms with van der Waals surface area (Å²) in [6.45, 7) is 0.0350. The van der Waals surface area contributed by atoms with Gasteiger partial charge in [0.15, 0.2) is 11.5 Å². The Morgan fingerprint density at radius 1 is 1.23 bits per heavy atom. The monoisotopic (exact) mass is 371 g/mol. The number of carbonyl (C=O) groups is 1. The molecule has 7 heteroatoms. The molecule has 0 atom stereocenters. The third kappa shape index (κ3) is 4.12. The van der Waals surface area contributed by atoms with Crippen LogP contribution in [0.4, 0.5) is 0 Å². The van der Waals surface area contributed by atoms with Crippen molar-refractivity contribution >= 4 is 23.4 Å². The second kappa shape index (κ2) is 8.35. The van der Waals surface area contributed by atoms with Gasteiger partial charge < -0.3 is 18.6 Å². The average Bonchev–Trinajstić information content (AvgIpc) is 3.35. The van der Waals surface area contributed by atoms with Crippen molar-refractivity contribution < 1.29 is 23.4 Å². The number of oxazole rings is 1. The molecule has 0 aliphatic carbocycles. The lowest BCUT2D eigenvalue weighted by atomic mass is 10.1. The molecule has 0 radical (unpaired) electrons. The van der Waals surface area contributed by atoms with E-state index in [2.05, 4.69) is 4.98 Å². The first-order chi connectivity index (χ1) is 12.7. The minimum Gasteiger partial charge on any atom is -0.493 e. The predicted molar refractivity (Wildman–Crippen MR) is 98.2 cm³/mol. The van der Waals surface area contributed by atoms with Crippen LogP contribution >= 0.6 is 11.3 Å². The van der Waals surface area contributed by atoms with Crippen LogP contribution in [0.5, 0.6) is 11.5 Å². The lowest BCUT2D eigenvalue weighted by molar-refractivity contribution is -0.139. The number of hydrogen-bond acceptors (Lipinski definition) is 7. The van der Waals surface area contributed by atoms with Gasteiger partial charge in [-0.15, -0.1) is 11.3 Å². The van der Waals surface area contributed by atoms with Crippen LogP contribution in [-0.4, -0.2) is 25.2 Å². The van der Waals surface area contributed by atoms with Crippen LogP contribution in [0.25, 0.3) is 16.8 Å². The van der Waals surface area contributed by atoms with Crippen LogP contribution in [0, 0.1) is 0 Å². The third-order valence-electron chi connectivity index (χ3n) is 3.48. The Bertz CT molecular complexity index is 899. The van der Waals surface area contributed by atoms with Gasteiger partial charge in [-0.2, -0.15) is 0 Å². The van der Waals surface area contributed by atoms with Gasteiger partial charge in [-0.1, -0.05) is 18.2 Å². The van der Waals surface area contributed by atoms with E-state index in [9.17, 15) is 4.79 Å². The number of aromatic nitrogens is 1. The lowest BCUT2D eigenvalue weighted by Gasteiger charge is -2.09. The maximum absolute atomic E-state index is 11.9. The molecule has 0 saturated heterocycles. The normalized spacial score (nSPS) is 10.8. The number of thiophene rings is 1. The Kier molecular flexibility index (Phi) is 5.70. The molecule has 26 heavy (non-hydrogen) atoms. The first kappa shape index (κ1) is 17.8. The highest BCUT2D eigenvalue weighted by Crippen LogP contribution is 2.31. The predicted octanol–water partition coefficient (Wildman–Crippen LogP) is 4.18. The van der Waals surface area contributed by atoms with Crippen molar-refractivity contribution in [1.82, 2.24) is 4.98 Å². The quantitative estimate of drug-likeness (QED) is 0.458. The number of hydrogen-bond donors (Lipinski definition) is 0. The summed E-state index contributed by atoms with van der Waals surface area (Å²) in [6.07, 6.45) is 4.43. The molecule has 2 heterocycles. The summed E-state index contributed by atoms with van der Waals surface area (Å²) in [4.78, 5) is 17.2. The minimum atomic E-state index is -0.490. The Hall–Kier alpha value is -3.06. The molecular weight excluding hydrogens is 354 g/mol. The van der Waals surface area contributed by atoms with Crippen molar-refractivity contribution in [2.24, 2.45) is 0 Å². The Labute approximate surface area is 154 Å². The summed E-state index contributed by atoms with van der Waals surface area (Å²) in [5, 5.41) is 1.94. The Morgan fingerprint density at radius 2 is 2.12 bits per heavy atom. The van der Waals surface area contributed by atoms with Gasteiger partial charge in [-0.05, 0) is 23.6 Å². The molecule has 2 aromatic heterocycles. The van der Waals surface area contributed by atoms with E-state index in [0.717, 1.165) is 4.88 Å². The average molecular weight is 371 g/mol. The van der Waals surface area contributed by atoms with Crippen LogP contribution in [0.2, 0.25) is 0 Å². The molecule has 3 rings (SSSR count). The van der Waals surface area contributed by atoms with Crippen LogP contribution in [0.3, 0.4) is 0 Å². The number of benzene rings is 1. The fourth-order valence-electron chi connectivity index (χ4n) is 2.28. The van der Waals surface area contributed by atoms with Crippen molar-refractivity contribution in [3.8, 4) is 22.3 Å². The zero-order chi connectivity index (χ0) is 18.4. The van der Waals surface area contributed by atoms with Crippen LogP contribution in [0.1, 0.15) is 11.3 Å². The summed E-state index contributed by atoms with van der Waals surface area (Å²) in [5.41, 5.74) is 1.26. The van der Waals surface area contributed by atoms with E-state index in [-0.39, 0.29) is 6.61 Å². The SMILES string of the molecule is COc1cccc(/C=C/C(=O)OCc2coc(-c3cccs3)n2)c1OC. The summed E-state index contributed by atoms with van der Waals surface area (Å²) in [6, 6.07) is 9.24. The molecule has 0 aliphatic heterocycles. The highest BCUT2D eigenvalue weighted by Gasteiger charge is 2.10. The smallest absolute Gasteiger partial charge is 0.331 e. The maximum Gasteiger partial charge on any atom is 0.331 e. The molecule has 0 fully saturated rings. The molecule has 0 saturated carbocycles. The number of rotatable bonds is 7. The van der Waals surface area contributed by atoms with E-state index in [4.69, 9.17) is 18.6 Å². The molecule has 0 bridgehead atoms. The van der Waals surface area contributed by atoms with Crippen molar-refractivity contribution in [2.75, 3.05) is 14.2 Å². The van der Waals surface area contributed by atoms with Gasteiger partial charge in [-0.3, -0.25) is 0 Å². The molecule has 0 spiro atoms. The molecule has 0 unspecified atom stereocenters. The van der Waals surface area contributed by atoms with Gasteiger partial charge in [0, 0.05) is 11.6 Å². The number of para-hydroxylation sites is 1. The Balaban J connectivity index is 1.60. The largest absolute Gasteiger partial charge is 0.493 e. The van der Waals surface area contributed by atoms with E-state index in [0.29, 0.717) is 28.6 Å². The summed E-state index contributed by atoms with van der Waals surface area (Å²) in [7, 11) is 3.10. The van der Waals surface area contributed by atoms with Gasteiger partial charge in [0.25, 0.3) is 0 Å². The van der Waals surface area contributed by atoms with Gasteiger partial charge in [0.2, 0.25) is 5.89 Å². The van der Waals surface area contributed by atoms with E-state index in [1.807, 2.05) is 29.6 Å². The minimum absolute atomic E-state index is 0.0350. The lowest BCUT2D eigenvalue weighted by Crippen LogP contribution is -2.01. The zero-order valence-corrected chi connectivity index (χ0v) is 15.1. The fourth-order valence-corrected chi connectivity index (χ4v) is 2.94. The fraction of sp³-hybridized carbons (Fsp3) is 0.158. The van der Waals surface area contributed by atoms with Crippen molar-refractivity contribution in [1.29, 1.82) is 0 Å². The molecule has 0 N–H and O–H groups in total. The van der Waals surface area contributed by atoms with E-state index in [1.54, 1.807) is 26.4 Å². The number of carbonyl (C=O) groups excluding carboxylic acids is 1. The first-order valence-corrected chi connectivity index (χ1v) is 8.63. The maximum atomic E-state index is 11.9. The molecule has 0 aliphatic rings.